The van der Waals surface area contributed by atoms with Crippen LogP contribution in [0.5, 0.6) is 0 Å². The molecular formula is C24H24N2O3S. The van der Waals surface area contributed by atoms with Gasteiger partial charge >= 0.3 is 0 Å². The molecule has 0 unspecified atom stereocenters. The molecule has 154 valence electrons. The van der Waals surface area contributed by atoms with E-state index in [0.717, 1.165) is 23.1 Å². The number of benzene rings is 3. The second kappa shape index (κ2) is 8.32. The zero-order valence-corrected chi connectivity index (χ0v) is 17.7. The van der Waals surface area contributed by atoms with Crippen molar-refractivity contribution < 1.29 is 13.2 Å². The van der Waals surface area contributed by atoms with Gasteiger partial charge in [-0.1, -0.05) is 54.6 Å². The molecule has 0 saturated carbocycles. The van der Waals surface area contributed by atoms with E-state index in [2.05, 4.69) is 5.32 Å². The van der Waals surface area contributed by atoms with Crippen LogP contribution in [0.15, 0.2) is 72.8 Å². The van der Waals surface area contributed by atoms with Crippen molar-refractivity contribution in [2.45, 2.75) is 19.8 Å². The van der Waals surface area contributed by atoms with Crippen molar-refractivity contribution in [2.75, 3.05) is 21.9 Å². The van der Waals surface area contributed by atoms with Gasteiger partial charge in [0.2, 0.25) is 10.0 Å². The summed E-state index contributed by atoms with van der Waals surface area (Å²) in [4.78, 5) is 13.0. The molecule has 0 atom stereocenters. The lowest BCUT2D eigenvalue weighted by Gasteiger charge is -2.29. The zero-order chi connectivity index (χ0) is 21.1. The van der Waals surface area contributed by atoms with Crippen molar-refractivity contribution >= 4 is 27.3 Å². The molecule has 4 rings (SSSR count). The van der Waals surface area contributed by atoms with Gasteiger partial charge in [0, 0.05) is 23.4 Å². The Kier molecular flexibility index (Phi) is 5.59. The molecule has 1 heterocycles. The molecule has 5 nitrogen and oxygen atoms in total. The number of nitrogens with one attached hydrogen (secondary N) is 1. The molecule has 0 aromatic heterocycles. The molecule has 6 heteroatoms. The van der Waals surface area contributed by atoms with Gasteiger partial charge in [0.1, 0.15) is 0 Å². The lowest BCUT2D eigenvalue weighted by Crippen LogP contribution is -2.38. The number of aryl methyl sites for hydroxylation is 1. The van der Waals surface area contributed by atoms with Crippen molar-refractivity contribution in [1.82, 2.24) is 0 Å². The highest BCUT2D eigenvalue weighted by Crippen LogP contribution is 2.30. The van der Waals surface area contributed by atoms with Gasteiger partial charge in [0.15, 0.2) is 0 Å². The third-order valence-corrected chi connectivity index (χ3v) is 7.20. The van der Waals surface area contributed by atoms with E-state index in [1.165, 1.54) is 4.31 Å². The Morgan fingerprint density at radius 3 is 2.43 bits per heavy atom. The lowest BCUT2D eigenvalue weighted by atomic mass is 10.0. The fourth-order valence-electron chi connectivity index (χ4n) is 3.73. The minimum Gasteiger partial charge on any atom is -0.321 e. The van der Waals surface area contributed by atoms with Gasteiger partial charge in [0.05, 0.1) is 11.4 Å². The molecule has 0 radical (unpaired) electrons. The van der Waals surface area contributed by atoms with E-state index < -0.39 is 10.0 Å². The van der Waals surface area contributed by atoms with E-state index in [1.54, 1.807) is 18.2 Å². The molecule has 0 bridgehead atoms. The van der Waals surface area contributed by atoms with Crippen molar-refractivity contribution in [2.24, 2.45) is 0 Å². The second-order valence-electron chi connectivity index (χ2n) is 7.46. The lowest BCUT2D eigenvalue weighted by molar-refractivity contribution is 0.102. The van der Waals surface area contributed by atoms with Crippen LogP contribution in [-0.2, 0) is 10.0 Å². The molecule has 0 aliphatic carbocycles. The van der Waals surface area contributed by atoms with E-state index in [4.69, 9.17) is 0 Å². The van der Waals surface area contributed by atoms with Crippen LogP contribution >= 0.6 is 0 Å². The molecule has 1 saturated heterocycles. The number of para-hydroxylation sites is 1. The highest BCUT2D eigenvalue weighted by Gasteiger charge is 2.27. The summed E-state index contributed by atoms with van der Waals surface area (Å²) in [6.07, 6.45) is 1.49. The molecule has 1 aliphatic heterocycles. The van der Waals surface area contributed by atoms with Crippen LogP contribution in [0, 0.1) is 6.92 Å². The maximum atomic E-state index is 13.0. The van der Waals surface area contributed by atoms with Crippen LogP contribution in [0.1, 0.15) is 28.8 Å². The Morgan fingerprint density at radius 2 is 1.67 bits per heavy atom. The monoisotopic (exact) mass is 420 g/mol. The summed E-state index contributed by atoms with van der Waals surface area (Å²) in [5.74, 6) is -0.123. The summed E-state index contributed by atoms with van der Waals surface area (Å²) in [5.41, 5.74) is 4.50. The quantitative estimate of drug-likeness (QED) is 0.656. The van der Waals surface area contributed by atoms with Crippen LogP contribution < -0.4 is 9.62 Å². The molecule has 30 heavy (non-hydrogen) atoms. The minimum atomic E-state index is -3.34. The van der Waals surface area contributed by atoms with Crippen molar-refractivity contribution in [3.05, 3.63) is 83.9 Å². The second-order valence-corrected chi connectivity index (χ2v) is 9.48. The van der Waals surface area contributed by atoms with Crippen LogP contribution in [-0.4, -0.2) is 26.6 Å². The highest BCUT2D eigenvalue weighted by molar-refractivity contribution is 7.92. The van der Waals surface area contributed by atoms with E-state index in [1.807, 2.05) is 61.5 Å². The summed E-state index contributed by atoms with van der Waals surface area (Å²) in [5, 5.41) is 2.99. The standard InChI is InChI=1S/C24H24N2O3S/c1-18-13-14-20(17-23(18)26-15-7-8-16-30(26,28)29)24(27)25-22-12-6-5-11-21(22)19-9-3-2-4-10-19/h2-6,9-14,17H,7-8,15-16H2,1H3,(H,25,27). The molecule has 1 N–H and O–H groups in total. The Labute approximate surface area is 177 Å². The fraction of sp³-hybridized carbons (Fsp3) is 0.208. The molecule has 3 aromatic rings. The summed E-state index contributed by atoms with van der Waals surface area (Å²) < 4.78 is 26.5. The Hall–Kier alpha value is -3.12. The molecule has 0 spiro atoms. The first-order valence-electron chi connectivity index (χ1n) is 10.0. The topological polar surface area (TPSA) is 66.5 Å². The maximum Gasteiger partial charge on any atom is 0.255 e. The molecule has 3 aromatic carbocycles. The number of hydrogen-bond donors (Lipinski definition) is 1. The number of carbonyl (C=O) groups excluding carboxylic acids is 1. The first-order chi connectivity index (χ1) is 14.5. The van der Waals surface area contributed by atoms with Gasteiger partial charge < -0.3 is 5.32 Å². The molecule has 1 fully saturated rings. The number of anilines is 2. The maximum absolute atomic E-state index is 13.0. The van der Waals surface area contributed by atoms with Gasteiger partial charge in [-0.15, -0.1) is 0 Å². The average molecular weight is 421 g/mol. The number of amides is 1. The minimum absolute atomic E-state index is 0.146. The predicted molar refractivity (Wildman–Crippen MR) is 121 cm³/mol. The van der Waals surface area contributed by atoms with Gasteiger partial charge in [0.25, 0.3) is 5.91 Å². The van der Waals surface area contributed by atoms with Gasteiger partial charge in [-0.25, -0.2) is 8.42 Å². The van der Waals surface area contributed by atoms with Gasteiger partial charge in [-0.3, -0.25) is 9.10 Å². The molecule has 1 amide bonds. The van der Waals surface area contributed by atoms with Crippen LogP contribution in [0.3, 0.4) is 0 Å². The van der Waals surface area contributed by atoms with Crippen molar-refractivity contribution in [1.29, 1.82) is 0 Å². The smallest absolute Gasteiger partial charge is 0.255 e. The van der Waals surface area contributed by atoms with E-state index in [9.17, 15) is 13.2 Å². The van der Waals surface area contributed by atoms with E-state index in [0.29, 0.717) is 29.9 Å². The fourth-order valence-corrected chi connectivity index (χ4v) is 5.43. The zero-order valence-electron chi connectivity index (χ0n) is 16.8. The number of nitrogens with zero attached hydrogens (tertiary/aromatic N) is 1. The Morgan fingerprint density at radius 1 is 0.933 bits per heavy atom. The average Bonchev–Trinajstić information content (AvgIpc) is 2.75. The number of rotatable bonds is 4. The highest BCUT2D eigenvalue weighted by atomic mass is 32.2. The van der Waals surface area contributed by atoms with Gasteiger partial charge in [-0.2, -0.15) is 0 Å². The summed E-state index contributed by atoms with van der Waals surface area (Å²) >= 11 is 0. The van der Waals surface area contributed by atoms with Gasteiger partial charge in [-0.05, 0) is 49.1 Å². The molecule has 1 aliphatic rings. The SMILES string of the molecule is Cc1ccc(C(=O)Nc2ccccc2-c2ccccc2)cc1N1CCCCS1(=O)=O. The molecular weight excluding hydrogens is 396 g/mol. The summed E-state index contributed by atoms with van der Waals surface area (Å²) in [7, 11) is -3.34. The number of sulfonamides is 1. The van der Waals surface area contributed by atoms with Crippen molar-refractivity contribution in [3.63, 3.8) is 0 Å². The van der Waals surface area contributed by atoms with Crippen molar-refractivity contribution in [3.8, 4) is 11.1 Å². The Balaban J connectivity index is 1.65. The predicted octanol–water partition coefficient (Wildman–Crippen LogP) is 4.84. The normalized spacial score (nSPS) is 15.6. The third-order valence-electron chi connectivity index (χ3n) is 5.35. The van der Waals surface area contributed by atoms with Crippen LogP contribution in [0.4, 0.5) is 11.4 Å². The number of hydrogen-bond acceptors (Lipinski definition) is 3. The summed E-state index contributed by atoms with van der Waals surface area (Å²) in [6, 6.07) is 22.7. The van der Waals surface area contributed by atoms with E-state index >= 15 is 0 Å². The van der Waals surface area contributed by atoms with Crippen LogP contribution in [0.25, 0.3) is 11.1 Å². The van der Waals surface area contributed by atoms with Crippen LogP contribution in [0.2, 0.25) is 0 Å². The largest absolute Gasteiger partial charge is 0.321 e. The Bertz CT molecular complexity index is 1170. The number of carbonyl (C=O) groups is 1. The third kappa shape index (κ3) is 4.09. The first-order valence-corrected chi connectivity index (χ1v) is 11.6. The summed E-state index contributed by atoms with van der Waals surface area (Å²) in [6.45, 7) is 2.32. The first kappa shape index (κ1) is 20.2. The van der Waals surface area contributed by atoms with E-state index in [-0.39, 0.29) is 11.7 Å².